The average Bonchev–Trinajstić information content (AvgIpc) is 3.31. The normalized spacial score (nSPS) is 16.7. The van der Waals surface area contributed by atoms with Gasteiger partial charge in [0.05, 0.1) is 30.8 Å². The van der Waals surface area contributed by atoms with Gasteiger partial charge in [0.2, 0.25) is 11.8 Å². The van der Waals surface area contributed by atoms with E-state index in [0.717, 1.165) is 22.4 Å². The van der Waals surface area contributed by atoms with Gasteiger partial charge in [-0.3, -0.25) is 9.59 Å². The van der Waals surface area contributed by atoms with Crippen LogP contribution in [0.4, 0.5) is 0 Å². The van der Waals surface area contributed by atoms with E-state index in [1.807, 2.05) is 37.3 Å². The summed E-state index contributed by atoms with van der Waals surface area (Å²) in [4.78, 5) is 37.5. The first-order chi connectivity index (χ1) is 13.5. The molecule has 0 saturated carbocycles. The third-order valence-electron chi connectivity index (χ3n) is 5.09. The summed E-state index contributed by atoms with van der Waals surface area (Å²) in [6, 6.07) is 11.4. The van der Waals surface area contributed by atoms with Crippen LogP contribution in [0.2, 0.25) is 0 Å². The van der Waals surface area contributed by atoms with Gasteiger partial charge in [-0.15, -0.1) is 0 Å². The zero-order valence-electron chi connectivity index (χ0n) is 16.0. The minimum absolute atomic E-state index is 0.0269. The van der Waals surface area contributed by atoms with Crippen LogP contribution in [0.25, 0.3) is 10.9 Å². The van der Waals surface area contributed by atoms with Crippen LogP contribution in [0.5, 0.6) is 0 Å². The fourth-order valence-electron chi connectivity index (χ4n) is 3.65. The van der Waals surface area contributed by atoms with Gasteiger partial charge in [-0.05, 0) is 25.1 Å². The van der Waals surface area contributed by atoms with Crippen molar-refractivity contribution in [3.8, 4) is 0 Å². The minimum Gasteiger partial charge on any atom is -0.467 e. The molecule has 0 spiro atoms. The summed E-state index contributed by atoms with van der Waals surface area (Å²) < 4.78 is 5.31. The maximum atomic E-state index is 12.9. The molecule has 2 aromatic heterocycles. The Kier molecular flexibility index (Phi) is 4.81. The second kappa shape index (κ2) is 7.42. The molecule has 0 radical (unpaired) electrons. The van der Waals surface area contributed by atoms with Crippen molar-refractivity contribution in [2.45, 2.75) is 26.4 Å². The number of aryl methyl sites for hydroxylation is 1. The van der Waals surface area contributed by atoms with Crippen molar-refractivity contribution in [2.24, 2.45) is 5.92 Å². The molecule has 7 heteroatoms. The fraction of sp³-hybridized carbons (Fsp3) is 0.333. The van der Waals surface area contributed by atoms with Gasteiger partial charge < -0.3 is 14.2 Å². The van der Waals surface area contributed by atoms with E-state index in [9.17, 15) is 9.59 Å². The van der Waals surface area contributed by atoms with Gasteiger partial charge in [0.1, 0.15) is 11.6 Å². The van der Waals surface area contributed by atoms with Gasteiger partial charge in [0, 0.05) is 31.1 Å². The summed E-state index contributed by atoms with van der Waals surface area (Å²) >= 11 is 0. The predicted molar refractivity (Wildman–Crippen MR) is 103 cm³/mol. The van der Waals surface area contributed by atoms with E-state index < -0.39 is 0 Å². The molecule has 4 rings (SSSR count). The molecule has 2 amide bonds. The van der Waals surface area contributed by atoms with Gasteiger partial charge in [0.25, 0.3) is 0 Å². The first-order valence-electron chi connectivity index (χ1n) is 9.28. The molecule has 1 saturated heterocycles. The smallest absolute Gasteiger partial charge is 0.228 e. The molecule has 0 aliphatic carbocycles. The Morgan fingerprint density at radius 1 is 1.25 bits per heavy atom. The molecule has 1 fully saturated rings. The molecule has 1 unspecified atom stereocenters. The van der Waals surface area contributed by atoms with E-state index >= 15 is 0 Å². The topological polar surface area (TPSA) is 79.5 Å². The number of aromatic nitrogens is 2. The summed E-state index contributed by atoms with van der Waals surface area (Å²) in [7, 11) is 1.73. The monoisotopic (exact) mass is 378 g/mol. The zero-order valence-corrected chi connectivity index (χ0v) is 16.0. The Labute approximate surface area is 163 Å². The number of carbonyl (C=O) groups excluding carboxylic acids is 2. The molecule has 0 N–H and O–H groups in total. The van der Waals surface area contributed by atoms with E-state index in [2.05, 4.69) is 9.97 Å². The summed E-state index contributed by atoms with van der Waals surface area (Å²) in [5.41, 5.74) is 1.76. The first-order valence-corrected chi connectivity index (χ1v) is 9.28. The third kappa shape index (κ3) is 3.60. The number of para-hydroxylation sites is 1. The lowest BCUT2D eigenvalue weighted by Gasteiger charge is -2.21. The molecule has 1 aliphatic heterocycles. The van der Waals surface area contributed by atoms with Crippen LogP contribution in [-0.2, 0) is 22.7 Å². The van der Waals surface area contributed by atoms with Crippen LogP contribution in [-0.4, -0.2) is 45.2 Å². The van der Waals surface area contributed by atoms with Crippen LogP contribution >= 0.6 is 0 Å². The number of nitrogens with zero attached hydrogens (tertiary/aromatic N) is 4. The van der Waals surface area contributed by atoms with Gasteiger partial charge >= 0.3 is 0 Å². The van der Waals surface area contributed by atoms with E-state index in [0.29, 0.717) is 25.5 Å². The van der Waals surface area contributed by atoms with Crippen molar-refractivity contribution in [1.82, 2.24) is 19.8 Å². The van der Waals surface area contributed by atoms with Crippen LogP contribution in [0.1, 0.15) is 23.7 Å². The van der Waals surface area contributed by atoms with E-state index in [1.54, 1.807) is 29.2 Å². The maximum absolute atomic E-state index is 12.9. The Bertz CT molecular complexity index is 1020. The lowest BCUT2D eigenvalue weighted by atomic mass is 10.1. The summed E-state index contributed by atoms with van der Waals surface area (Å²) in [6.45, 7) is 3.05. The largest absolute Gasteiger partial charge is 0.467 e. The SMILES string of the molecule is Cc1nc(CN(C)C(=O)C2CC(=O)N(Cc3ccco3)C2)nc2ccccc12. The number of likely N-dealkylation sites (tertiary alicyclic amines) is 1. The number of hydrogen-bond acceptors (Lipinski definition) is 5. The molecule has 144 valence electrons. The number of hydrogen-bond donors (Lipinski definition) is 0. The van der Waals surface area contributed by atoms with Crippen molar-refractivity contribution in [3.05, 3.63) is 59.9 Å². The zero-order chi connectivity index (χ0) is 19.7. The van der Waals surface area contributed by atoms with Crippen LogP contribution in [0.15, 0.2) is 47.1 Å². The maximum Gasteiger partial charge on any atom is 0.228 e. The average molecular weight is 378 g/mol. The van der Waals surface area contributed by atoms with Gasteiger partial charge in [-0.1, -0.05) is 18.2 Å². The van der Waals surface area contributed by atoms with Gasteiger partial charge in [0.15, 0.2) is 0 Å². The predicted octanol–water partition coefficient (Wildman–Crippen LogP) is 2.54. The van der Waals surface area contributed by atoms with Crippen molar-refractivity contribution in [2.75, 3.05) is 13.6 Å². The van der Waals surface area contributed by atoms with Crippen LogP contribution in [0.3, 0.4) is 0 Å². The Hall–Kier alpha value is -3.22. The summed E-state index contributed by atoms with van der Waals surface area (Å²) in [5, 5.41) is 1.01. The molecule has 1 aliphatic rings. The number of rotatable bonds is 5. The summed E-state index contributed by atoms with van der Waals surface area (Å²) in [5.74, 6) is 0.873. The highest BCUT2D eigenvalue weighted by Crippen LogP contribution is 2.23. The molecule has 28 heavy (non-hydrogen) atoms. The van der Waals surface area contributed by atoms with Gasteiger partial charge in [-0.25, -0.2) is 9.97 Å². The van der Waals surface area contributed by atoms with Crippen LogP contribution in [0, 0.1) is 12.8 Å². The summed E-state index contributed by atoms with van der Waals surface area (Å²) in [6.07, 6.45) is 1.80. The number of carbonyl (C=O) groups is 2. The molecule has 3 aromatic rings. The van der Waals surface area contributed by atoms with Crippen LogP contribution < -0.4 is 0 Å². The molecule has 1 atom stereocenters. The molecule has 0 bridgehead atoms. The highest BCUT2D eigenvalue weighted by atomic mass is 16.3. The molecule has 7 nitrogen and oxygen atoms in total. The fourth-order valence-corrected chi connectivity index (χ4v) is 3.65. The van der Waals surface area contributed by atoms with Crippen molar-refractivity contribution in [1.29, 1.82) is 0 Å². The van der Waals surface area contributed by atoms with Crippen molar-refractivity contribution >= 4 is 22.7 Å². The number of furan rings is 1. The second-order valence-electron chi connectivity index (χ2n) is 7.19. The Morgan fingerprint density at radius 2 is 2.07 bits per heavy atom. The van der Waals surface area contributed by atoms with E-state index in [1.165, 1.54) is 0 Å². The molecular formula is C21H22N4O3. The second-order valence-corrected chi connectivity index (χ2v) is 7.19. The number of amides is 2. The lowest BCUT2D eigenvalue weighted by molar-refractivity contribution is -0.135. The minimum atomic E-state index is -0.353. The molecule has 3 heterocycles. The van der Waals surface area contributed by atoms with Crippen molar-refractivity contribution < 1.29 is 14.0 Å². The third-order valence-corrected chi connectivity index (χ3v) is 5.09. The first kappa shape index (κ1) is 18.2. The quantitative estimate of drug-likeness (QED) is 0.682. The van der Waals surface area contributed by atoms with Crippen molar-refractivity contribution in [3.63, 3.8) is 0 Å². The Balaban J connectivity index is 1.43. The van der Waals surface area contributed by atoms with E-state index in [4.69, 9.17) is 4.42 Å². The lowest BCUT2D eigenvalue weighted by Crippen LogP contribution is -2.34. The van der Waals surface area contributed by atoms with Gasteiger partial charge in [-0.2, -0.15) is 0 Å². The highest BCUT2D eigenvalue weighted by molar-refractivity contribution is 5.89. The number of fused-ring (bicyclic) bond motifs is 1. The molecule has 1 aromatic carbocycles. The standard InChI is InChI=1S/C21H22N4O3/c1-14-17-7-3-4-8-18(17)23-19(22-14)13-24(2)21(27)15-10-20(26)25(11-15)12-16-6-5-9-28-16/h3-9,15H,10-13H2,1-2H3. The Morgan fingerprint density at radius 3 is 2.86 bits per heavy atom. The molecular weight excluding hydrogens is 356 g/mol. The highest BCUT2D eigenvalue weighted by Gasteiger charge is 2.36. The van der Waals surface area contributed by atoms with E-state index in [-0.39, 0.29) is 24.2 Å². The number of benzene rings is 1.